The second-order valence-electron chi connectivity index (χ2n) is 5.13. The van der Waals surface area contributed by atoms with Gasteiger partial charge in [0.2, 0.25) is 0 Å². The van der Waals surface area contributed by atoms with Crippen molar-refractivity contribution in [1.29, 1.82) is 0 Å². The molecule has 0 N–H and O–H groups in total. The van der Waals surface area contributed by atoms with Crippen molar-refractivity contribution in [2.45, 2.75) is 26.4 Å². The summed E-state index contributed by atoms with van der Waals surface area (Å²) in [4.78, 5) is 28.2. The van der Waals surface area contributed by atoms with Gasteiger partial charge in [0.15, 0.2) is 5.65 Å². The first kappa shape index (κ1) is 13.6. The van der Waals surface area contributed by atoms with Crippen molar-refractivity contribution < 1.29 is 9.53 Å². The molecule has 19 heavy (non-hydrogen) atoms. The van der Waals surface area contributed by atoms with Gasteiger partial charge in [0.05, 0.1) is 5.39 Å². The summed E-state index contributed by atoms with van der Waals surface area (Å²) in [6.45, 7) is 5.19. The summed E-state index contributed by atoms with van der Waals surface area (Å²) in [5.74, 6) is 0. The molecule has 102 valence electrons. The van der Waals surface area contributed by atoms with E-state index in [1.807, 2.05) is 0 Å². The van der Waals surface area contributed by atoms with Gasteiger partial charge in [-0.25, -0.2) is 9.78 Å². The molecule has 0 aliphatic heterocycles. The van der Waals surface area contributed by atoms with E-state index in [-0.39, 0.29) is 5.15 Å². The van der Waals surface area contributed by atoms with Crippen LogP contribution in [-0.2, 0) is 11.8 Å². The lowest BCUT2D eigenvalue weighted by atomic mass is 10.2. The van der Waals surface area contributed by atoms with E-state index in [1.54, 1.807) is 27.8 Å². The summed E-state index contributed by atoms with van der Waals surface area (Å²) in [6, 6.07) is 3.04. The number of nitrogens with zero attached hydrogens (tertiary/aromatic N) is 3. The topological polar surface area (TPSA) is 66.1 Å². The Labute approximate surface area is 114 Å². The second kappa shape index (κ2) is 4.38. The number of fused-ring (bicyclic) bond motifs is 1. The van der Waals surface area contributed by atoms with Crippen LogP contribution in [0.5, 0.6) is 0 Å². The fraction of sp³-hybridized carbons (Fsp3) is 0.417. The number of aromatic nitrogens is 3. The molecule has 0 radical (unpaired) electrons. The zero-order valence-corrected chi connectivity index (χ0v) is 11.9. The Bertz CT molecular complexity index is 709. The fourth-order valence-electron chi connectivity index (χ4n) is 1.69. The molecule has 0 bridgehead atoms. The molecule has 0 amide bonds. The summed E-state index contributed by atoms with van der Waals surface area (Å²) in [6.07, 6.45) is -0.742. The number of halogens is 1. The molecule has 2 aromatic rings. The molecule has 0 saturated heterocycles. The van der Waals surface area contributed by atoms with Crippen LogP contribution < -0.4 is 5.56 Å². The summed E-state index contributed by atoms with van der Waals surface area (Å²) in [5, 5.41) is 0.571. The molecule has 0 aromatic carbocycles. The largest absolute Gasteiger partial charge is 0.442 e. The van der Waals surface area contributed by atoms with Gasteiger partial charge in [0.1, 0.15) is 10.8 Å². The average Bonchev–Trinajstić information content (AvgIpc) is 2.49. The third-order valence-corrected chi connectivity index (χ3v) is 2.65. The molecule has 2 heterocycles. The van der Waals surface area contributed by atoms with Crippen molar-refractivity contribution in [2.75, 3.05) is 0 Å². The van der Waals surface area contributed by atoms with Crippen LogP contribution in [0.3, 0.4) is 0 Å². The fourth-order valence-corrected chi connectivity index (χ4v) is 1.84. The highest BCUT2D eigenvalue weighted by Crippen LogP contribution is 2.14. The molecule has 0 saturated carbocycles. The Hall–Kier alpha value is -1.82. The number of carbonyl (C=O) groups is 1. The summed E-state index contributed by atoms with van der Waals surface area (Å²) in [5.41, 5.74) is -0.822. The minimum Gasteiger partial charge on any atom is -0.442 e. The lowest BCUT2D eigenvalue weighted by Crippen LogP contribution is -2.35. The number of carbonyl (C=O) groups excluding carboxylic acids is 1. The molecule has 6 nitrogen and oxygen atoms in total. The van der Waals surface area contributed by atoms with E-state index in [0.717, 1.165) is 4.68 Å². The predicted octanol–water partition coefficient (Wildman–Crippen LogP) is 2.17. The Morgan fingerprint density at radius 1 is 1.37 bits per heavy atom. The van der Waals surface area contributed by atoms with Crippen LogP contribution in [0.2, 0.25) is 5.15 Å². The maximum Gasteiger partial charge on any atom is 0.437 e. The first-order valence-corrected chi connectivity index (χ1v) is 6.06. The molecule has 0 aliphatic carbocycles. The SMILES string of the molecule is Cn1c2nc(Cl)ccc2c(=O)n1C(=O)OC(C)(C)C. The molecule has 0 aliphatic rings. The van der Waals surface area contributed by atoms with Crippen LogP contribution in [0.25, 0.3) is 11.0 Å². The number of aryl methyl sites for hydroxylation is 1. The zero-order valence-electron chi connectivity index (χ0n) is 11.1. The van der Waals surface area contributed by atoms with Crippen molar-refractivity contribution in [3.05, 3.63) is 27.6 Å². The first-order chi connectivity index (χ1) is 8.70. The predicted molar refractivity (Wildman–Crippen MR) is 71.6 cm³/mol. The Kier molecular flexibility index (Phi) is 3.14. The maximum atomic E-state index is 12.1. The van der Waals surface area contributed by atoms with Crippen LogP contribution in [0.1, 0.15) is 20.8 Å². The Morgan fingerprint density at radius 2 is 2.00 bits per heavy atom. The summed E-state index contributed by atoms with van der Waals surface area (Å²) in [7, 11) is 1.55. The van der Waals surface area contributed by atoms with Crippen LogP contribution in [-0.4, -0.2) is 26.0 Å². The van der Waals surface area contributed by atoms with Gasteiger partial charge in [0, 0.05) is 7.05 Å². The van der Waals surface area contributed by atoms with Gasteiger partial charge in [-0.1, -0.05) is 11.6 Å². The second-order valence-corrected chi connectivity index (χ2v) is 5.51. The van der Waals surface area contributed by atoms with E-state index in [1.165, 1.54) is 16.8 Å². The Balaban J connectivity index is 2.62. The van der Waals surface area contributed by atoms with Crippen molar-refractivity contribution >= 4 is 28.7 Å². The van der Waals surface area contributed by atoms with E-state index >= 15 is 0 Å². The first-order valence-electron chi connectivity index (χ1n) is 5.68. The van der Waals surface area contributed by atoms with E-state index in [2.05, 4.69) is 4.98 Å². The summed E-state index contributed by atoms with van der Waals surface area (Å²) < 4.78 is 7.42. The zero-order chi connectivity index (χ0) is 14.4. The average molecular weight is 284 g/mol. The van der Waals surface area contributed by atoms with E-state index in [4.69, 9.17) is 16.3 Å². The van der Waals surface area contributed by atoms with Gasteiger partial charge < -0.3 is 4.74 Å². The van der Waals surface area contributed by atoms with Gasteiger partial charge in [0.25, 0.3) is 5.56 Å². The van der Waals surface area contributed by atoms with Gasteiger partial charge in [-0.3, -0.25) is 9.48 Å². The number of pyridine rings is 1. The maximum absolute atomic E-state index is 12.1. The third kappa shape index (κ3) is 2.49. The molecular weight excluding hydrogens is 270 g/mol. The lowest BCUT2D eigenvalue weighted by molar-refractivity contribution is 0.0491. The number of rotatable bonds is 0. The minimum atomic E-state index is -0.742. The smallest absolute Gasteiger partial charge is 0.437 e. The molecule has 0 spiro atoms. The highest BCUT2D eigenvalue weighted by Gasteiger charge is 2.23. The van der Waals surface area contributed by atoms with Gasteiger partial charge >= 0.3 is 6.09 Å². The van der Waals surface area contributed by atoms with Crippen LogP contribution in [0.15, 0.2) is 16.9 Å². The summed E-state index contributed by atoms with van der Waals surface area (Å²) >= 11 is 5.79. The van der Waals surface area contributed by atoms with E-state index < -0.39 is 17.3 Å². The van der Waals surface area contributed by atoms with E-state index in [0.29, 0.717) is 11.0 Å². The standard InChI is InChI=1S/C12H14ClN3O3/c1-12(2,3)19-11(18)16-10(17)7-5-6-8(13)14-9(7)15(16)4/h5-6H,1-4H3. The normalized spacial score (nSPS) is 11.8. The molecule has 2 rings (SSSR count). The van der Waals surface area contributed by atoms with Crippen LogP contribution in [0, 0.1) is 0 Å². The molecule has 0 unspecified atom stereocenters. The molecule has 0 atom stereocenters. The monoisotopic (exact) mass is 283 g/mol. The van der Waals surface area contributed by atoms with E-state index in [9.17, 15) is 9.59 Å². The molecule has 2 aromatic heterocycles. The highest BCUT2D eigenvalue weighted by atomic mass is 35.5. The molecule has 7 heteroatoms. The lowest BCUT2D eigenvalue weighted by Gasteiger charge is -2.19. The number of hydrogen-bond acceptors (Lipinski definition) is 4. The van der Waals surface area contributed by atoms with Crippen molar-refractivity contribution in [2.24, 2.45) is 7.05 Å². The number of hydrogen-bond donors (Lipinski definition) is 0. The van der Waals surface area contributed by atoms with Crippen molar-refractivity contribution in [3.63, 3.8) is 0 Å². The van der Waals surface area contributed by atoms with Crippen LogP contribution in [0.4, 0.5) is 4.79 Å². The molecule has 0 fully saturated rings. The third-order valence-electron chi connectivity index (χ3n) is 2.44. The highest BCUT2D eigenvalue weighted by molar-refractivity contribution is 6.29. The van der Waals surface area contributed by atoms with Crippen molar-refractivity contribution in [3.8, 4) is 0 Å². The quantitative estimate of drug-likeness (QED) is 0.695. The number of ether oxygens (including phenoxy) is 1. The Morgan fingerprint density at radius 3 is 2.58 bits per heavy atom. The van der Waals surface area contributed by atoms with Crippen LogP contribution >= 0.6 is 11.6 Å². The minimum absolute atomic E-state index is 0.254. The van der Waals surface area contributed by atoms with Gasteiger partial charge in [-0.05, 0) is 32.9 Å². The van der Waals surface area contributed by atoms with Gasteiger partial charge in [-0.2, -0.15) is 0 Å². The van der Waals surface area contributed by atoms with Gasteiger partial charge in [-0.15, -0.1) is 4.68 Å². The van der Waals surface area contributed by atoms with Crippen molar-refractivity contribution in [1.82, 2.24) is 14.3 Å². The molecular formula is C12H14ClN3O3.